The molecule has 2 amide bonds. The minimum absolute atomic E-state index is 0.0537. The number of nitrogens with one attached hydrogen (secondary N) is 2. The van der Waals surface area contributed by atoms with E-state index in [0.29, 0.717) is 22.3 Å². The summed E-state index contributed by atoms with van der Waals surface area (Å²) in [5, 5.41) is 6.73. The fourth-order valence-corrected chi connectivity index (χ4v) is 5.87. The number of thiophene rings is 1. The molecule has 0 unspecified atom stereocenters. The Bertz CT molecular complexity index is 1270. The highest BCUT2D eigenvalue weighted by Crippen LogP contribution is 2.34. The van der Waals surface area contributed by atoms with Gasteiger partial charge in [0.05, 0.1) is 23.9 Å². The molecular weight excluding hydrogens is 448 g/mol. The van der Waals surface area contributed by atoms with Crippen molar-refractivity contribution in [1.29, 1.82) is 0 Å². The smallest absolute Gasteiger partial charge is 0.262 e. The lowest BCUT2D eigenvalue weighted by Crippen LogP contribution is -2.22. The van der Waals surface area contributed by atoms with Crippen LogP contribution in [0.4, 0.5) is 11.4 Å². The van der Waals surface area contributed by atoms with Gasteiger partial charge in [0.25, 0.3) is 5.56 Å². The average molecular weight is 473 g/mol. The molecule has 0 radical (unpaired) electrons. The Morgan fingerprint density at radius 1 is 1.25 bits per heavy atom. The van der Waals surface area contributed by atoms with Gasteiger partial charge in [-0.25, -0.2) is 4.98 Å². The highest BCUT2D eigenvalue weighted by Gasteiger charge is 2.21. The Morgan fingerprint density at radius 3 is 2.78 bits per heavy atom. The SMILES string of the molecule is COc1ccc(NC(C)=O)cc1NC(=O)CSc1nc2sc3c(c2c(=O)n1C)CCCC3. The molecule has 1 aliphatic rings. The number of nitrogens with zero attached hydrogens (tertiary/aromatic N) is 2. The third-order valence-corrected chi connectivity index (χ3v) is 7.50. The van der Waals surface area contributed by atoms with E-state index >= 15 is 0 Å². The van der Waals surface area contributed by atoms with Crippen LogP contribution in [0.3, 0.4) is 0 Å². The van der Waals surface area contributed by atoms with Crippen molar-refractivity contribution >= 4 is 56.5 Å². The molecular formula is C22H24N4O4S2. The highest BCUT2D eigenvalue weighted by atomic mass is 32.2. The molecule has 0 saturated carbocycles. The molecule has 0 bridgehead atoms. The molecule has 2 N–H and O–H groups in total. The summed E-state index contributed by atoms with van der Waals surface area (Å²) in [6.07, 6.45) is 4.18. The maximum absolute atomic E-state index is 13.0. The lowest BCUT2D eigenvalue weighted by Gasteiger charge is -2.13. The van der Waals surface area contributed by atoms with Crippen molar-refractivity contribution in [2.24, 2.45) is 7.05 Å². The summed E-state index contributed by atoms with van der Waals surface area (Å²) in [4.78, 5) is 43.6. The molecule has 1 aliphatic carbocycles. The van der Waals surface area contributed by atoms with Crippen LogP contribution < -0.4 is 20.9 Å². The largest absolute Gasteiger partial charge is 0.495 e. The Labute approximate surface area is 193 Å². The molecule has 4 rings (SSSR count). The molecule has 0 aliphatic heterocycles. The van der Waals surface area contributed by atoms with Gasteiger partial charge in [0.15, 0.2) is 5.16 Å². The maximum atomic E-state index is 13.0. The van der Waals surface area contributed by atoms with Crippen molar-refractivity contribution in [1.82, 2.24) is 9.55 Å². The van der Waals surface area contributed by atoms with E-state index in [4.69, 9.17) is 9.72 Å². The molecule has 0 spiro atoms. The first kappa shape index (κ1) is 22.3. The van der Waals surface area contributed by atoms with Gasteiger partial charge in [-0.3, -0.25) is 19.0 Å². The first-order valence-corrected chi connectivity index (χ1v) is 12.1. The van der Waals surface area contributed by atoms with Crippen molar-refractivity contribution in [3.63, 3.8) is 0 Å². The summed E-state index contributed by atoms with van der Waals surface area (Å²) >= 11 is 2.81. The summed E-state index contributed by atoms with van der Waals surface area (Å²) in [7, 11) is 3.20. The van der Waals surface area contributed by atoms with Crippen LogP contribution in [-0.2, 0) is 29.5 Å². The Hall–Kier alpha value is -2.85. The molecule has 1 aromatic carbocycles. The topological polar surface area (TPSA) is 102 Å². The van der Waals surface area contributed by atoms with Crippen molar-refractivity contribution in [2.75, 3.05) is 23.5 Å². The van der Waals surface area contributed by atoms with Crippen LogP contribution >= 0.6 is 23.1 Å². The highest BCUT2D eigenvalue weighted by molar-refractivity contribution is 7.99. The molecule has 2 aromatic heterocycles. The monoisotopic (exact) mass is 472 g/mol. The second kappa shape index (κ2) is 9.33. The lowest BCUT2D eigenvalue weighted by atomic mass is 9.97. The first-order chi connectivity index (χ1) is 15.4. The standard InChI is InChI=1S/C22H24N4O4S2/c1-12(27)23-13-8-9-16(30-3)15(10-13)24-18(28)11-31-22-25-20-19(21(29)26(22)2)14-6-4-5-7-17(14)32-20/h8-10H,4-7,11H2,1-3H3,(H,23,27)(H,24,28). The molecule has 2 heterocycles. The number of ether oxygens (including phenoxy) is 1. The number of carbonyl (C=O) groups is 2. The number of methoxy groups -OCH3 is 1. The zero-order valence-corrected chi connectivity index (χ0v) is 19.7. The Kier molecular flexibility index (Phi) is 6.52. The maximum Gasteiger partial charge on any atom is 0.262 e. The van der Waals surface area contributed by atoms with E-state index in [1.54, 1.807) is 36.6 Å². The van der Waals surface area contributed by atoms with Gasteiger partial charge in [-0.1, -0.05) is 11.8 Å². The third kappa shape index (κ3) is 4.51. The van der Waals surface area contributed by atoms with Crippen molar-refractivity contribution in [3.05, 3.63) is 39.0 Å². The quantitative estimate of drug-likeness (QED) is 0.420. The Morgan fingerprint density at radius 2 is 2.03 bits per heavy atom. The summed E-state index contributed by atoms with van der Waals surface area (Å²) in [5.74, 6) is 0.0759. The fourth-order valence-electron chi connectivity index (χ4n) is 3.80. The zero-order chi connectivity index (χ0) is 22.8. The van der Waals surface area contributed by atoms with Gasteiger partial charge < -0.3 is 15.4 Å². The second-order valence-electron chi connectivity index (χ2n) is 7.58. The molecule has 3 aromatic rings. The van der Waals surface area contributed by atoms with E-state index in [-0.39, 0.29) is 23.1 Å². The number of rotatable bonds is 6. The summed E-state index contributed by atoms with van der Waals surface area (Å²) in [6.45, 7) is 1.41. The van der Waals surface area contributed by atoms with Gasteiger partial charge in [-0.05, 0) is 49.4 Å². The van der Waals surface area contributed by atoms with E-state index in [0.717, 1.165) is 41.5 Å². The number of fused-ring (bicyclic) bond motifs is 3. The average Bonchev–Trinajstić information content (AvgIpc) is 3.13. The van der Waals surface area contributed by atoms with Crippen LogP contribution in [0.15, 0.2) is 28.2 Å². The van der Waals surface area contributed by atoms with Crippen molar-refractivity contribution in [2.45, 2.75) is 37.8 Å². The van der Waals surface area contributed by atoms with Crippen LogP contribution in [0.1, 0.15) is 30.2 Å². The summed E-state index contributed by atoms with van der Waals surface area (Å²) in [6, 6.07) is 5.00. The zero-order valence-electron chi connectivity index (χ0n) is 18.1. The number of amides is 2. The number of aromatic nitrogens is 2. The summed E-state index contributed by atoms with van der Waals surface area (Å²) < 4.78 is 6.83. The molecule has 8 nitrogen and oxygen atoms in total. The van der Waals surface area contributed by atoms with Gasteiger partial charge in [0, 0.05) is 24.5 Å². The van der Waals surface area contributed by atoms with Crippen LogP contribution in [0, 0.1) is 0 Å². The molecule has 168 valence electrons. The van der Waals surface area contributed by atoms with Crippen LogP contribution in [0.5, 0.6) is 5.75 Å². The number of thioether (sulfide) groups is 1. The van der Waals surface area contributed by atoms with Gasteiger partial charge in [0.1, 0.15) is 10.6 Å². The van der Waals surface area contributed by atoms with Crippen LogP contribution in [-0.4, -0.2) is 34.2 Å². The van der Waals surface area contributed by atoms with Gasteiger partial charge in [-0.15, -0.1) is 11.3 Å². The normalized spacial score (nSPS) is 13.0. The number of hydrogen-bond donors (Lipinski definition) is 2. The minimum atomic E-state index is -0.270. The molecule has 10 heteroatoms. The fraction of sp³-hybridized carbons (Fsp3) is 0.364. The van der Waals surface area contributed by atoms with E-state index < -0.39 is 0 Å². The van der Waals surface area contributed by atoms with E-state index in [1.165, 1.54) is 35.2 Å². The number of anilines is 2. The summed E-state index contributed by atoms with van der Waals surface area (Å²) in [5.41, 5.74) is 2.11. The van der Waals surface area contributed by atoms with E-state index in [1.807, 2.05) is 0 Å². The first-order valence-electron chi connectivity index (χ1n) is 10.3. The molecule has 0 atom stereocenters. The van der Waals surface area contributed by atoms with Crippen LogP contribution in [0.25, 0.3) is 10.2 Å². The minimum Gasteiger partial charge on any atom is -0.495 e. The van der Waals surface area contributed by atoms with Gasteiger partial charge in [0.2, 0.25) is 11.8 Å². The predicted molar refractivity (Wildman–Crippen MR) is 128 cm³/mol. The molecule has 32 heavy (non-hydrogen) atoms. The number of hydrogen-bond acceptors (Lipinski definition) is 7. The molecule has 0 fully saturated rings. The Balaban J connectivity index is 1.51. The molecule has 0 saturated heterocycles. The third-order valence-electron chi connectivity index (χ3n) is 5.28. The number of aryl methyl sites for hydroxylation is 2. The number of benzene rings is 1. The van der Waals surface area contributed by atoms with Crippen molar-refractivity contribution in [3.8, 4) is 5.75 Å². The lowest BCUT2D eigenvalue weighted by molar-refractivity contribution is -0.114. The number of carbonyl (C=O) groups excluding carboxylic acids is 2. The van der Waals surface area contributed by atoms with Crippen LogP contribution in [0.2, 0.25) is 0 Å². The van der Waals surface area contributed by atoms with Gasteiger partial charge >= 0.3 is 0 Å². The van der Waals surface area contributed by atoms with E-state index in [2.05, 4.69) is 10.6 Å². The predicted octanol–water partition coefficient (Wildman–Crippen LogP) is 3.57. The van der Waals surface area contributed by atoms with Crippen molar-refractivity contribution < 1.29 is 14.3 Å². The second-order valence-corrected chi connectivity index (χ2v) is 9.61. The van der Waals surface area contributed by atoms with E-state index in [9.17, 15) is 14.4 Å². The van der Waals surface area contributed by atoms with Gasteiger partial charge in [-0.2, -0.15) is 0 Å².